The van der Waals surface area contributed by atoms with Crippen molar-refractivity contribution in [1.29, 1.82) is 0 Å². The van der Waals surface area contributed by atoms with Crippen LogP contribution in [0.25, 0.3) is 11.1 Å². The molecule has 2 aromatic rings. The third kappa shape index (κ3) is 6.69. The molecule has 0 bridgehead atoms. The maximum atomic E-state index is 14.0. The van der Waals surface area contributed by atoms with Crippen LogP contribution in [-0.4, -0.2) is 49.9 Å². The summed E-state index contributed by atoms with van der Waals surface area (Å²) in [7, 11) is -4.83. The molecule has 0 aliphatic rings. The third-order valence-corrected chi connectivity index (χ3v) is 6.97. The molecule has 0 fully saturated rings. The molecular weight excluding hydrogens is 561 g/mol. The SMILES string of the molecule is N[C@@H](CC=NS(=O)(=O)CCC(c1ccc(-c2ccc(Cl)cc2Cl)cc1)(C(F)(F)F)C(F)(F)F)C(=O)O. The minimum Gasteiger partial charge on any atom is -0.480 e. The number of sulfonamides is 1. The van der Waals surface area contributed by atoms with E-state index in [1.165, 1.54) is 18.2 Å². The summed E-state index contributed by atoms with van der Waals surface area (Å²) in [4.78, 5) is 10.6. The molecule has 2 aromatic carbocycles. The van der Waals surface area contributed by atoms with Crippen molar-refractivity contribution < 1.29 is 44.7 Å². The quantitative estimate of drug-likeness (QED) is 0.296. The molecule has 0 aliphatic carbocycles. The van der Waals surface area contributed by atoms with Crippen molar-refractivity contribution in [2.75, 3.05) is 5.75 Å². The predicted molar refractivity (Wildman–Crippen MR) is 123 cm³/mol. The first-order valence-electron chi connectivity index (χ1n) is 9.85. The van der Waals surface area contributed by atoms with Crippen LogP contribution < -0.4 is 5.73 Å². The number of benzene rings is 2. The second-order valence-corrected chi connectivity index (χ2v) is 10.2. The lowest BCUT2D eigenvalue weighted by Gasteiger charge is -2.37. The summed E-state index contributed by atoms with van der Waals surface area (Å²) in [6, 6.07) is 5.85. The first-order chi connectivity index (χ1) is 16.4. The number of rotatable bonds is 9. The molecule has 0 unspecified atom stereocenters. The van der Waals surface area contributed by atoms with Crippen LogP contribution in [0.15, 0.2) is 46.9 Å². The molecule has 6 nitrogen and oxygen atoms in total. The fraction of sp³-hybridized carbons (Fsp3) is 0.333. The number of alkyl halides is 6. The van der Waals surface area contributed by atoms with Crippen LogP contribution in [0.2, 0.25) is 10.0 Å². The van der Waals surface area contributed by atoms with Crippen molar-refractivity contribution >= 4 is 45.4 Å². The first kappa shape index (κ1) is 29.9. The van der Waals surface area contributed by atoms with Gasteiger partial charge in [-0.1, -0.05) is 53.5 Å². The Bertz CT molecular complexity index is 1220. The van der Waals surface area contributed by atoms with E-state index in [0.717, 1.165) is 12.1 Å². The average Bonchev–Trinajstić information content (AvgIpc) is 2.72. The molecule has 36 heavy (non-hydrogen) atoms. The van der Waals surface area contributed by atoms with Crippen LogP contribution in [0.3, 0.4) is 0 Å². The molecule has 0 amide bonds. The van der Waals surface area contributed by atoms with Gasteiger partial charge in [0.25, 0.3) is 10.0 Å². The van der Waals surface area contributed by atoms with Gasteiger partial charge in [-0.15, -0.1) is 0 Å². The lowest BCUT2D eigenvalue weighted by molar-refractivity contribution is -0.304. The van der Waals surface area contributed by atoms with E-state index >= 15 is 0 Å². The largest absolute Gasteiger partial charge is 0.480 e. The molecule has 0 radical (unpaired) electrons. The van der Waals surface area contributed by atoms with Crippen LogP contribution in [0.1, 0.15) is 18.4 Å². The van der Waals surface area contributed by atoms with Gasteiger partial charge < -0.3 is 10.8 Å². The Morgan fingerprint density at radius 3 is 2.06 bits per heavy atom. The molecule has 0 aromatic heterocycles. The van der Waals surface area contributed by atoms with Gasteiger partial charge in [-0.2, -0.15) is 30.7 Å². The number of carboxylic acid groups (broad SMARTS) is 1. The topological polar surface area (TPSA) is 110 Å². The maximum Gasteiger partial charge on any atom is 0.407 e. The highest BCUT2D eigenvalue weighted by molar-refractivity contribution is 7.90. The summed E-state index contributed by atoms with van der Waals surface area (Å²) in [5.74, 6) is -3.13. The van der Waals surface area contributed by atoms with E-state index in [0.29, 0.717) is 23.9 Å². The molecule has 0 saturated carbocycles. The predicted octanol–water partition coefficient (Wildman–Crippen LogP) is 5.62. The summed E-state index contributed by atoms with van der Waals surface area (Å²) >= 11 is 11.8. The summed E-state index contributed by atoms with van der Waals surface area (Å²) in [5, 5.41) is 9.02. The lowest BCUT2D eigenvalue weighted by atomic mass is 9.76. The van der Waals surface area contributed by atoms with Crippen molar-refractivity contribution in [3.8, 4) is 11.1 Å². The van der Waals surface area contributed by atoms with Gasteiger partial charge in [0, 0.05) is 28.2 Å². The monoisotopic (exact) mass is 578 g/mol. The highest BCUT2D eigenvalue weighted by Crippen LogP contribution is 2.54. The summed E-state index contributed by atoms with van der Waals surface area (Å²) in [5.41, 5.74) is -0.121. The van der Waals surface area contributed by atoms with E-state index in [4.69, 9.17) is 34.0 Å². The molecule has 0 aliphatic heterocycles. The van der Waals surface area contributed by atoms with Gasteiger partial charge >= 0.3 is 18.3 Å². The zero-order valence-electron chi connectivity index (χ0n) is 17.9. The number of hydrogen-bond acceptors (Lipinski definition) is 4. The number of nitrogens with two attached hydrogens (primary N) is 1. The van der Waals surface area contributed by atoms with Crippen molar-refractivity contribution in [2.24, 2.45) is 10.1 Å². The summed E-state index contributed by atoms with van der Waals surface area (Å²) in [6.45, 7) is 0. The number of halogens is 8. The smallest absolute Gasteiger partial charge is 0.407 e. The van der Waals surface area contributed by atoms with Gasteiger partial charge in [-0.05, 0) is 29.7 Å². The molecule has 2 rings (SSSR count). The zero-order chi connectivity index (χ0) is 27.5. The molecule has 0 spiro atoms. The average molecular weight is 579 g/mol. The summed E-state index contributed by atoms with van der Waals surface area (Å²) < 4.78 is 111. The Morgan fingerprint density at radius 2 is 1.58 bits per heavy atom. The Labute approximate surface area is 211 Å². The van der Waals surface area contributed by atoms with Gasteiger partial charge in [0.15, 0.2) is 5.41 Å². The number of carboxylic acids is 1. The maximum absolute atomic E-state index is 14.0. The van der Waals surface area contributed by atoms with E-state index < -0.39 is 64.0 Å². The minimum atomic E-state index is -5.93. The van der Waals surface area contributed by atoms with Crippen molar-refractivity contribution in [3.05, 3.63) is 58.1 Å². The van der Waals surface area contributed by atoms with Gasteiger partial charge in [0.1, 0.15) is 6.04 Å². The second kappa shape index (κ2) is 11.0. The number of nitrogens with zero attached hydrogens (tertiary/aromatic N) is 1. The van der Waals surface area contributed by atoms with Crippen molar-refractivity contribution in [1.82, 2.24) is 0 Å². The Balaban J connectivity index is 2.47. The van der Waals surface area contributed by atoms with E-state index in [2.05, 4.69) is 4.40 Å². The fourth-order valence-corrected chi connectivity index (χ4v) is 4.78. The second-order valence-electron chi connectivity index (χ2n) is 7.61. The first-order valence-corrected chi connectivity index (χ1v) is 12.2. The minimum absolute atomic E-state index is 0.111. The van der Waals surface area contributed by atoms with Crippen LogP contribution >= 0.6 is 23.2 Å². The Hall–Kier alpha value is -2.35. The molecule has 0 heterocycles. The van der Waals surface area contributed by atoms with Gasteiger partial charge in [-0.25, -0.2) is 8.42 Å². The highest BCUT2D eigenvalue weighted by Gasteiger charge is 2.71. The van der Waals surface area contributed by atoms with Crippen molar-refractivity contribution in [3.63, 3.8) is 0 Å². The number of aliphatic carboxylic acids is 1. The van der Waals surface area contributed by atoms with Crippen LogP contribution in [0.4, 0.5) is 26.3 Å². The molecule has 15 heteroatoms. The highest BCUT2D eigenvalue weighted by atomic mass is 35.5. The number of hydrogen-bond donors (Lipinski definition) is 2. The zero-order valence-corrected chi connectivity index (χ0v) is 20.3. The van der Waals surface area contributed by atoms with Crippen LogP contribution in [0, 0.1) is 0 Å². The van der Waals surface area contributed by atoms with E-state index in [-0.39, 0.29) is 15.6 Å². The molecule has 3 N–H and O–H groups in total. The molecule has 1 atom stereocenters. The molecular formula is C21H18Cl2F6N2O4S. The van der Waals surface area contributed by atoms with Crippen molar-refractivity contribution in [2.45, 2.75) is 36.7 Å². The summed E-state index contributed by atoms with van der Waals surface area (Å²) in [6.07, 6.45) is -13.9. The Kier molecular flexibility index (Phi) is 9.09. The third-order valence-electron chi connectivity index (χ3n) is 5.23. The lowest BCUT2D eigenvalue weighted by Crippen LogP contribution is -2.54. The standard InChI is InChI=1S/C21H18Cl2F6N2O4S/c22-14-5-6-15(16(23)11-14)12-1-3-13(4-2-12)19(20(24,25)26,21(27,28)29)8-10-36(34,35)31-9-7-17(30)18(32)33/h1-6,9,11,17H,7-8,10,30H2,(H,32,33)/t17-/m0/s1. The van der Waals surface area contributed by atoms with Gasteiger partial charge in [0.05, 0.1) is 5.75 Å². The molecule has 198 valence electrons. The van der Waals surface area contributed by atoms with E-state index in [1.54, 1.807) is 0 Å². The Morgan fingerprint density at radius 1 is 1.03 bits per heavy atom. The molecule has 0 saturated heterocycles. The fourth-order valence-electron chi connectivity index (χ4n) is 3.28. The van der Waals surface area contributed by atoms with Crippen LogP contribution in [-0.2, 0) is 20.2 Å². The van der Waals surface area contributed by atoms with Gasteiger partial charge in [-0.3, -0.25) is 4.79 Å². The van der Waals surface area contributed by atoms with Crippen LogP contribution in [0.5, 0.6) is 0 Å². The van der Waals surface area contributed by atoms with E-state index in [1.807, 2.05) is 0 Å². The number of carbonyl (C=O) groups is 1. The normalized spacial score (nSPS) is 14.2. The van der Waals surface area contributed by atoms with Gasteiger partial charge in [0.2, 0.25) is 0 Å². The van der Waals surface area contributed by atoms with E-state index in [9.17, 15) is 39.6 Å².